The Balaban J connectivity index is 1.91. The molecule has 2 aromatic heterocycles. The zero-order valence-corrected chi connectivity index (χ0v) is 12.7. The van der Waals surface area contributed by atoms with Crippen LogP contribution < -0.4 is 10.6 Å². The summed E-state index contributed by atoms with van der Waals surface area (Å²) in [7, 11) is 0. The molecular weight excluding hydrogens is 276 g/mol. The summed E-state index contributed by atoms with van der Waals surface area (Å²) < 4.78 is 0. The Hall–Kier alpha value is -2.43. The molecule has 0 bridgehead atoms. The van der Waals surface area contributed by atoms with Gasteiger partial charge >= 0.3 is 0 Å². The highest BCUT2D eigenvalue weighted by atomic mass is 16.1. The van der Waals surface area contributed by atoms with Crippen molar-refractivity contribution in [2.75, 3.05) is 17.2 Å². The number of nitrogen functional groups attached to an aromatic ring is 1. The fraction of sp³-hybridized carbons (Fsp3) is 0.353. The van der Waals surface area contributed by atoms with E-state index in [0.29, 0.717) is 17.3 Å². The molecule has 0 aromatic carbocycles. The summed E-state index contributed by atoms with van der Waals surface area (Å²) >= 11 is 0. The Labute approximate surface area is 130 Å². The van der Waals surface area contributed by atoms with E-state index in [1.807, 2.05) is 12.1 Å². The van der Waals surface area contributed by atoms with Gasteiger partial charge in [-0.25, -0.2) is 9.97 Å². The highest BCUT2D eigenvalue weighted by Gasteiger charge is 2.21. The van der Waals surface area contributed by atoms with Crippen molar-refractivity contribution in [2.24, 2.45) is 0 Å². The zero-order valence-electron chi connectivity index (χ0n) is 12.7. The fourth-order valence-corrected chi connectivity index (χ4v) is 2.90. The molecule has 1 aliphatic heterocycles. The van der Waals surface area contributed by atoms with E-state index in [-0.39, 0.29) is 11.6 Å². The Bertz CT molecular complexity index is 686. The highest BCUT2D eigenvalue weighted by Crippen LogP contribution is 2.23. The van der Waals surface area contributed by atoms with Gasteiger partial charge in [0, 0.05) is 18.8 Å². The molecule has 1 atom stereocenters. The zero-order chi connectivity index (χ0) is 15.5. The number of carbonyl (C=O) groups excluding carboxylic acids is 1. The molecule has 0 saturated carbocycles. The maximum absolute atomic E-state index is 12.6. The van der Waals surface area contributed by atoms with Crippen molar-refractivity contribution < 1.29 is 4.79 Å². The number of nitrogens with two attached hydrogens (primary N) is 1. The van der Waals surface area contributed by atoms with Crippen LogP contribution in [0.3, 0.4) is 0 Å². The van der Waals surface area contributed by atoms with Gasteiger partial charge in [-0.3, -0.25) is 4.79 Å². The minimum absolute atomic E-state index is 0.183. The molecule has 1 saturated heterocycles. The van der Waals surface area contributed by atoms with Crippen molar-refractivity contribution in [2.45, 2.75) is 32.2 Å². The van der Waals surface area contributed by atoms with E-state index < -0.39 is 0 Å². The van der Waals surface area contributed by atoms with Gasteiger partial charge in [-0.15, -0.1) is 0 Å². The first kappa shape index (κ1) is 14.5. The monoisotopic (exact) mass is 296 g/mol. The van der Waals surface area contributed by atoms with Gasteiger partial charge in [-0.1, -0.05) is 6.07 Å². The van der Waals surface area contributed by atoms with Crippen LogP contribution in [0.15, 0.2) is 36.5 Å². The van der Waals surface area contributed by atoms with Crippen molar-refractivity contribution in [1.82, 2.24) is 9.97 Å². The van der Waals surface area contributed by atoms with Crippen molar-refractivity contribution >= 4 is 17.4 Å². The summed E-state index contributed by atoms with van der Waals surface area (Å²) in [6.07, 6.45) is 5.16. The molecule has 2 N–H and O–H groups in total. The van der Waals surface area contributed by atoms with Crippen LogP contribution in [0.4, 0.5) is 11.6 Å². The van der Waals surface area contributed by atoms with Gasteiger partial charge < -0.3 is 10.6 Å². The minimum atomic E-state index is -0.183. The summed E-state index contributed by atoms with van der Waals surface area (Å²) in [6, 6.07) is 9.42. The predicted molar refractivity (Wildman–Crippen MR) is 87.0 cm³/mol. The minimum Gasteiger partial charge on any atom is -0.383 e. The Morgan fingerprint density at radius 1 is 1.27 bits per heavy atom. The van der Waals surface area contributed by atoms with Crippen LogP contribution in [0, 0.1) is 0 Å². The van der Waals surface area contributed by atoms with Crippen LogP contribution in [-0.4, -0.2) is 28.3 Å². The lowest BCUT2D eigenvalue weighted by molar-refractivity contribution is 0.103. The molecule has 0 amide bonds. The Morgan fingerprint density at radius 3 is 2.91 bits per heavy atom. The largest absolute Gasteiger partial charge is 0.383 e. The maximum Gasteiger partial charge on any atom is 0.215 e. The first-order valence-electron chi connectivity index (χ1n) is 7.65. The molecule has 3 rings (SSSR count). The quantitative estimate of drug-likeness (QED) is 0.882. The van der Waals surface area contributed by atoms with Crippen LogP contribution >= 0.6 is 0 Å². The van der Waals surface area contributed by atoms with E-state index >= 15 is 0 Å². The molecule has 22 heavy (non-hydrogen) atoms. The van der Waals surface area contributed by atoms with Gasteiger partial charge in [0.2, 0.25) is 5.78 Å². The number of carbonyl (C=O) groups is 1. The van der Waals surface area contributed by atoms with E-state index in [4.69, 9.17) is 5.73 Å². The van der Waals surface area contributed by atoms with Gasteiger partial charge in [0.1, 0.15) is 17.3 Å². The molecule has 1 aliphatic rings. The number of aromatic nitrogens is 2. The first-order valence-corrected chi connectivity index (χ1v) is 7.65. The number of piperidine rings is 1. The number of nitrogens with zero attached hydrogens (tertiary/aromatic N) is 3. The average Bonchev–Trinajstić information content (AvgIpc) is 2.55. The van der Waals surface area contributed by atoms with Gasteiger partial charge in [-0.2, -0.15) is 0 Å². The molecule has 0 spiro atoms. The second-order valence-corrected chi connectivity index (χ2v) is 5.68. The maximum atomic E-state index is 12.6. The first-order chi connectivity index (χ1) is 10.7. The topological polar surface area (TPSA) is 72.1 Å². The number of hydrogen-bond acceptors (Lipinski definition) is 5. The Morgan fingerprint density at radius 2 is 2.14 bits per heavy atom. The van der Waals surface area contributed by atoms with E-state index in [2.05, 4.69) is 21.8 Å². The lowest BCUT2D eigenvalue weighted by Gasteiger charge is -2.34. The van der Waals surface area contributed by atoms with E-state index in [0.717, 1.165) is 18.8 Å². The average molecular weight is 296 g/mol. The molecule has 0 radical (unpaired) electrons. The number of pyridine rings is 2. The molecule has 5 nitrogen and oxygen atoms in total. The molecule has 3 heterocycles. The van der Waals surface area contributed by atoms with E-state index in [1.54, 1.807) is 24.4 Å². The molecule has 0 unspecified atom stereocenters. The smallest absolute Gasteiger partial charge is 0.215 e. The van der Waals surface area contributed by atoms with Crippen LogP contribution in [0.5, 0.6) is 0 Å². The SMILES string of the molecule is C[C@H]1CCCCN1c1cccc(C(=O)c2cccnc2N)n1. The van der Waals surface area contributed by atoms with Crippen LogP contribution in [0.25, 0.3) is 0 Å². The summed E-state index contributed by atoms with van der Waals surface area (Å²) in [5, 5.41) is 0. The lowest BCUT2D eigenvalue weighted by Crippen LogP contribution is -2.38. The van der Waals surface area contributed by atoms with Crippen molar-refractivity contribution in [3.8, 4) is 0 Å². The molecule has 2 aromatic rings. The van der Waals surface area contributed by atoms with Crippen molar-refractivity contribution in [1.29, 1.82) is 0 Å². The van der Waals surface area contributed by atoms with Gasteiger partial charge in [-0.05, 0) is 50.5 Å². The molecular formula is C17H20N4O. The number of rotatable bonds is 3. The van der Waals surface area contributed by atoms with Gasteiger partial charge in [0.25, 0.3) is 0 Å². The Kier molecular flexibility index (Phi) is 4.04. The molecule has 1 fully saturated rings. The molecule has 114 valence electrons. The van der Waals surface area contributed by atoms with Crippen LogP contribution in [0.2, 0.25) is 0 Å². The summed E-state index contributed by atoms with van der Waals surface area (Å²) in [5.74, 6) is 0.920. The molecule has 0 aliphatic carbocycles. The summed E-state index contributed by atoms with van der Waals surface area (Å²) in [4.78, 5) is 23.4. The second-order valence-electron chi connectivity index (χ2n) is 5.68. The number of hydrogen-bond donors (Lipinski definition) is 1. The van der Waals surface area contributed by atoms with Gasteiger partial charge in [0.15, 0.2) is 0 Å². The third-order valence-electron chi connectivity index (χ3n) is 4.15. The van der Waals surface area contributed by atoms with Crippen LogP contribution in [0.1, 0.15) is 42.2 Å². The van der Waals surface area contributed by atoms with E-state index in [1.165, 1.54) is 12.8 Å². The van der Waals surface area contributed by atoms with Crippen molar-refractivity contribution in [3.05, 3.63) is 47.8 Å². The number of ketones is 1. The second kappa shape index (κ2) is 6.13. The van der Waals surface area contributed by atoms with Crippen LogP contribution in [-0.2, 0) is 0 Å². The fourth-order valence-electron chi connectivity index (χ4n) is 2.90. The molecule has 5 heteroatoms. The number of anilines is 2. The lowest BCUT2D eigenvalue weighted by atomic mass is 10.0. The third kappa shape index (κ3) is 2.79. The normalized spacial score (nSPS) is 18.2. The standard InChI is InChI=1S/C17H20N4O/c1-12-6-2-3-11-21(12)15-9-4-8-14(20-15)16(22)13-7-5-10-19-17(13)18/h4-5,7-10,12H,2-3,6,11H2,1H3,(H2,18,19)/t12-/m0/s1. The predicted octanol–water partition coefficient (Wildman–Crippen LogP) is 2.67. The third-order valence-corrected chi connectivity index (χ3v) is 4.15. The summed E-state index contributed by atoms with van der Waals surface area (Å²) in [5.41, 5.74) is 6.61. The van der Waals surface area contributed by atoms with Crippen molar-refractivity contribution in [3.63, 3.8) is 0 Å². The van der Waals surface area contributed by atoms with Gasteiger partial charge in [0.05, 0.1) is 5.56 Å². The summed E-state index contributed by atoms with van der Waals surface area (Å²) in [6.45, 7) is 3.19. The van der Waals surface area contributed by atoms with E-state index in [9.17, 15) is 4.79 Å². The highest BCUT2D eigenvalue weighted by molar-refractivity contribution is 6.10.